The Labute approximate surface area is 83.9 Å². The van der Waals surface area contributed by atoms with Crippen LogP contribution in [0.1, 0.15) is 18.1 Å². The summed E-state index contributed by atoms with van der Waals surface area (Å²) >= 11 is 0. The molecule has 0 saturated heterocycles. The zero-order valence-corrected chi connectivity index (χ0v) is 8.59. The van der Waals surface area contributed by atoms with Crippen LogP contribution in [-0.4, -0.2) is 13.2 Å². The van der Waals surface area contributed by atoms with Gasteiger partial charge in [0.05, 0.1) is 6.61 Å². The topological polar surface area (TPSA) is 35.2 Å². The third-order valence-electron chi connectivity index (χ3n) is 1.97. The number of hydrogen-bond acceptors (Lipinski definition) is 2. The molecule has 1 aromatic carbocycles. The summed E-state index contributed by atoms with van der Waals surface area (Å²) in [5, 5.41) is 0. The minimum atomic E-state index is -0.222. The van der Waals surface area contributed by atoms with Crippen molar-refractivity contribution < 1.29 is 9.13 Å². The summed E-state index contributed by atoms with van der Waals surface area (Å²) in [6.45, 7) is 2.23. The van der Waals surface area contributed by atoms with Crippen LogP contribution >= 0.6 is 0 Å². The van der Waals surface area contributed by atoms with Gasteiger partial charge in [-0.2, -0.15) is 0 Å². The maximum atomic E-state index is 13.2. The number of ether oxygens (including phenoxy) is 1. The van der Waals surface area contributed by atoms with Crippen molar-refractivity contribution in [3.63, 3.8) is 0 Å². The Morgan fingerprint density at radius 2 is 2.21 bits per heavy atom. The van der Waals surface area contributed by atoms with Gasteiger partial charge in [0, 0.05) is 18.7 Å². The Morgan fingerprint density at radius 1 is 1.50 bits per heavy atom. The van der Waals surface area contributed by atoms with Crippen LogP contribution in [0.4, 0.5) is 4.39 Å². The van der Waals surface area contributed by atoms with Crippen molar-refractivity contribution in [3.05, 3.63) is 35.1 Å². The van der Waals surface area contributed by atoms with E-state index in [2.05, 4.69) is 0 Å². The molecular weight excluding hydrogens is 181 g/mol. The average molecular weight is 197 g/mol. The van der Waals surface area contributed by atoms with Crippen LogP contribution in [0.5, 0.6) is 0 Å². The van der Waals surface area contributed by atoms with E-state index in [0.29, 0.717) is 12.2 Å². The normalized spacial score (nSPS) is 12.9. The zero-order valence-electron chi connectivity index (χ0n) is 8.59. The summed E-state index contributed by atoms with van der Waals surface area (Å²) in [7, 11) is 1.55. The van der Waals surface area contributed by atoms with Gasteiger partial charge in [0.15, 0.2) is 0 Å². The van der Waals surface area contributed by atoms with E-state index in [1.807, 2.05) is 13.0 Å². The van der Waals surface area contributed by atoms with Gasteiger partial charge in [0.25, 0.3) is 0 Å². The van der Waals surface area contributed by atoms with E-state index in [-0.39, 0.29) is 11.9 Å². The SMILES string of the molecule is COCc1cc(CC(C)N)ccc1F. The highest BCUT2D eigenvalue weighted by Crippen LogP contribution is 2.12. The molecule has 0 saturated carbocycles. The first-order chi connectivity index (χ1) is 6.63. The molecule has 1 rings (SSSR count). The average Bonchev–Trinajstić information content (AvgIpc) is 2.10. The Hall–Kier alpha value is -0.930. The second kappa shape index (κ2) is 5.08. The van der Waals surface area contributed by atoms with Gasteiger partial charge >= 0.3 is 0 Å². The van der Waals surface area contributed by atoms with Gasteiger partial charge in [-0.15, -0.1) is 0 Å². The molecule has 0 spiro atoms. The number of halogens is 1. The van der Waals surface area contributed by atoms with Crippen molar-refractivity contribution in [2.45, 2.75) is 26.0 Å². The van der Waals surface area contributed by atoms with Gasteiger partial charge in [0.2, 0.25) is 0 Å². The second-order valence-electron chi connectivity index (χ2n) is 3.54. The maximum absolute atomic E-state index is 13.2. The molecule has 1 unspecified atom stereocenters. The molecular formula is C11H16FNO. The second-order valence-corrected chi connectivity index (χ2v) is 3.54. The fourth-order valence-electron chi connectivity index (χ4n) is 1.39. The lowest BCUT2D eigenvalue weighted by molar-refractivity contribution is 0.181. The van der Waals surface area contributed by atoms with Gasteiger partial charge in [0.1, 0.15) is 5.82 Å². The molecule has 0 amide bonds. The summed E-state index contributed by atoms with van der Waals surface area (Å²) in [6.07, 6.45) is 0.761. The van der Waals surface area contributed by atoms with E-state index in [1.165, 1.54) is 6.07 Å². The monoisotopic (exact) mass is 197 g/mol. The van der Waals surface area contributed by atoms with E-state index in [4.69, 9.17) is 10.5 Å². The standard InChI is InChI=1S/C11H16FNO/c1-8(13)5-9-3-4-11(12)10(6-9)7-14-2/h3-4,6,8H,5,7,13H2,1-2H3. The predicted molar refractivity (Wildman–Crippen MR) is 54.5 cm³/mol. The summed E-state index contributed by atoms with van der Waals surface area (Å²) in [5.74, 6) is -0.222. The van der Waals surface area contributed by atoms with Crippen LogP contribution in [0.3, 0.4) is 0 Å². The van der Waals surface area contributed by atoms with Gasteiger partial charge in [-0.3, -0.25) is 0 Å². The molecule has 1 atom stereocenters. The molecule has 0 aliphatic heterocycles. The Morgan fingerprint density at radius 3 is 2.79 bits per heavy atom. The predicted octanol–water partition coefficient (Wildman–Crippen LogP) is 1.86. The molecule has 0 aliphatic carbocycles. The maximum Gasteiger partial charge on any atom is 0.128 e. The largest absolute Gasteiger partial charge is 0.380 e. The number of hydrogen-bond donors (Lipinski definition) is 1. The van der Waals surface area contributed by atoms with E-state index in [0.717, 1.165) is 12.0 Å². The van der Waals surface area contributed by atoms with E-state index in [9.17, 15) is 4.39 Å². The Balaban J connectivity index is 2.83. The fourth-order valence-corrected chi connectivity index (χ4v) is 1.39. The van der Waals surface area contributed by atoms with Crippen molar-refractivity contribution in [2.24, 2.45) is 5.73 Å². The van der Waals surface area contributed by atoms with Crippen molar-refractivity contribution in [3.8, 4) is 0 Å². The molecule has 2 nitrogen and oxygen atoms in total. The molecule has 0 fully saturated rings. The van der Waals surface area contributed by atoms with Crippen LogP contribution < -0.4 is 5.73 Å². The van der Waals surface area contributed by atoms with E-state index in [1.54, 1.807) is 13.2 Å². The first kappa shape index (κ1) is 11.1. The van der Waals surface area contributed by atoms with Gasteiger partial charge in [-0.25, -0.2) is 4.39 Å². The highest BCUT2D eigenvalue weighted by atomic mass is 19.1. The molecule has 0 radical (unpaired) electrons. The summed E-state index contributed by atoms with van der Waals surface area (Å²) in [4.78, 5) is 0. The van der Waals surface area contributed by atoms with Crippen LogP contribution in [0.15, 0.2) is 18.2 Å². The lowest BCUT2D eigenvalue weighted by Gasteiger charge is -2.08. The molecule has 0 bridgehead atoms. The van der Waals surface area contributed by atoms with Crippen molar-refractivity contribution in [1.82, 2.24) is 0 Å². The number of nitrogens with two attached hydrogens (primary N) is 1. The van der Waals surface area contributed by atoms with Crippen molar-refractivity contribution >= 4 is 0 Å². The van der Waals surface area contributed by atoms with Gasteiger partial charge < -0.3 is 10.5 Å². The summed E-state index contributed by atoms with van der Waals surface area (Å²) in [6, 6.07) is 5.13. The quantitative estimate of drug-likeness (QED) is 0.799. The summed E-state index contributed by atoms with van der Waals surface area (Å²) < 4.78 is 18.1. The smallest absolute Gasteiger partial charge is 0.128 e. The molecule has 0 aromatic heterocycles. The Bertz CT molecular complexity index is 299. The zero-order chi connectivity index (χ0) is 10.6. The van der Waals surface area contributed by atoms with Crippen LogP contribution in [0.2, 0.25) is 0 Å². The van der Waals surface area contributed by atoms with E-state index < -0.39 is 0 Å². The van der Waals surface area contributed by atoms with Crippen LogP contribution in [0.25, 0.3) is 0 Å². The van der Waals surface area contributed by atoms with Crippen LogP contribution in [0, 0.1) is 5.82 Å². The fraction of sp³-hybridized carbons (Fsp3) is 0.455. The van der Waals surface area contributed by atoms with Gasteiger partial charge in [-0.05, 0) is 25.0 Å². The highest BCUT2D eigenvalue weighted by molar-refractivity contribution is 5.25. The minimum Gasteiger partial charge on any atom is -0.380 e. The van der Waals surface area contributed by atoms with E-state index >= 15 is 0 Å². The highest BCUT2D eigenvalue weighted by Gasteiger charge is 2.04. The molecule has 0 aliphatic rings. The van der Waals surface area contributed by atoms with Gasteiger partial charge in [-0.1, -0.05) is 12.1 Å². The Kier molecular flexibility index (Phi) is 4.04. The molecule has 1 aromatic rings. The lowest BCUT2D eigenvalue weighted by atomic mass is 10.0. The number of rotatable bonds is 4. The molecule has 78 valence electrons. The first-order valence-corrected chi connectivity index (χ1v) is 4.65. The molecule has 0 heterocycles. The first-order valence-electron chi connectivity index (χ1n) is 4.65. The van der Waals surface area contributed by atoms with Crippen molar-refractivity contribution in [2.75, 3.05) is 7.11 Å². The molecule has 2 N–H and O–H groups in total. The van der Waals surface area contributed by atoms with Crippen LogP contribution in [-0.2, 0) is 17.8 Å². The minimum absolute atomic E-state index is 0.0934. The molecule has 14 heavy (non-hydrogen) atoms. The lowest BCUT2D eigenvalue weighted by Crippen LogP contribution is -2.17. The van der Waals surface area contributed by atoms with Crippen molar-refractivity contribution in [1.29, 1.82) is 0 Å². The third kappa shape index (κ3) is 3.09. The number of methoxy groups -OCH3 is 1. The third-order valence-corrected chi connectivity index (χ3v) is 1.97. The summed E-state index contributed by atoms with van der Waals surface area (Å²) in [5.41, 5.74) is 7.30. The number of benzene rings is 1. The molecule has 3 heteroatoms.